The molecule has 0 aliphatic heterocycles. The first-order valence-corrected chi connectivity index (χ1v) is 12.6. The zero-order valence-electron chi connectivity index (χ0n) is 19.4. The van der Waals surface area contributed by atoms with E-state index < -0.39 is 0 Å². The van der Waals surface area contributed by atoms with E-state index in [1.807, 2.05) is 0 Å². The summed E-state index contributed by atoms with van der Waals surface area (Å²) in [6.07, 6.45) is 3.12. The van der Waals surface area contributed by atoms with Gasteiger partial charge in [-0.1, -0.05) is 60.7 Å². The Morgan fingerprint density at radius 3 is 0.886 bits per heavy atom. The van der Waals surface area contributed by atoms with Crippen LogP contribution in [0.1, 0.15) is 33.4 Å². The van der Waals surface area contributed by atoms with Crippen molar-refractivity contribution in [1.82, 2.24) is 0 Å². The van der Waals surface area contributed by atoms with Gasteiger partial charge < -0.3 is 0 Å². The van der Waals surface area contributed by atoms with E-state index in [0.717, 1.165) is 19.3 Å². The van der Waals surface area contributed by atoms with Crippen LogP contribution in [0.4, 0.5) is 0 Å². The maximum Gasteiger partial charge on any atom is -0.00130 e. The molecule has 0 spiro atoms. The van der Waals surface area contributed by atoms with Crippen LogP contribution in [0.15, 0.2) is 97.1 Å². The Labute approximate surface area is 204 Å². The molecule has 0 heterocycles. The van der Waals surface area contributed by atoms with E-state index in [4.69, 9.17) is 0 Å². The molecule has 0 heteroatoms. The van der Waals surface area contributed by atoms with E-state index in [1.165, 1.54) is 88.3 Å². The molecule has 6 aromatic rings. The summed E-state index contributed by atoms with van der Waals surface area (Å²) in [6, 6.07) is 37.1. The first-order chi connectivity index (χ1) is 17.3. The maximum atomic E-state index is 2.50. The first kappa shape index (κ1) is 18.2. The smallest absolute Gasteiger partial charge is 0.00130 e. The van der Waals surface area contributed by atoms with Gasteiger partial charge in [-0.15, -0.1) is 0 Å². The van der Waals surface area contributed by atoms with Gasteiger partial charge in [0, 0.05) is 0 Å². The lowest BCUT2D eigenvalue weighted by molar-refractivity contribution is 1.23. The Morgan fingerprint density at radius 1 is 0.286 bits per heavy atom. The molecule has 3 aliphatic rings. The van der Waals surface area contributed by atoms with E-state index >= 15 is 0 Å². The summed E-state index contributed by atoms with van der Waals surface area (Å²) in [5.41, 5.74) is 17.6. The third-order valence-electron chi connectivity index (χ3n) is 8.61. The molecule has 0 nitrogen and oxygen atoms in total. The zero-order valence-corrected chi connectivity index (χ0v) is 19.4. The van der Waals surface area contributed by atoms with E-state index in [0.29, 0.717) is 0 Å². The molecule has 0 N–H and O–H groups in total. The van der Waals surface area contributed by atoms with Gasteiger partial charge in [0.1, 0.15) is 0 Å². The minimum absolute atomic E-state index is 1.04. The van der Waals surface area contributed by atoms with Crippen molar-refractivity contribution in [2.75, 3.05) is 0 Å². The molecule has 3 aliphatic carbocycles. The molecule has 35 heavy (non-hydrogen) atoms. The van der Waals surface area contributed by atoms with Crippen LogP contribution in [0.25, 0.3) is 54.9 Å². The fourth-order valence-electron chi connectivity index (χ4n) is 6.95. The van der Waals surface area contributed by atoms with Gasteiger partial charge in [-0.3, -0.25) is 0 Å². The molecule has 0 amide bonds. The van der Waals surface area contributed by atoms with Crippen molar-refractivity contribution in [3.8, 4) is 33.4 Å². The van der Waals surface area contributed by atoms with Gasteiger partial charge in [-0.05, 0) is 144 Å². The van der Waals surface area contributed by atoms with Crippen LogP contribution in [0.3, 0.4) is 0 Å². The lowest BCUT2D eigenvalue weighted by Gasteiger charge is -2.08. The molecule has 0 saturated heterocycles. The van der Waals surface area contributed by atoms with Crippen LogP contribution in [0.5, 0.6) is 0 Å². The summed E-state index contributed by atoms with van der Waals surface area (Å²) < 4.78 is 0. The normalized spacial score (nSPS) is 13.9. The Bertz CT molecular complexity index is 1780. The molecule has 0 radical (unpaired) electrons. The average molecular weight is 443 g/mol. The van der Waals surface area contributed by atoms with Crippen molar-refractivity contribution in [3.05, 3.63) is 130 Å². The van der Waals surface area contributed by atoms with E-state index in [1.54, 1.807) is 0 Å². The van der Waals surface area contributed by atoms with Crippen LogP contribution >= 0.6 is 0 Å². The molecule has 0 saturated carbocycles. The van der Waals surface area contributed by atoms with Crippen LogP contribution < -0.4 is 0 Å². The highest BCUT2D eigenvalue weighted by atomic mass is 14.3. The average Bonchev–Trinajstić information content (AvgIpc) is 3.53. The first-order valence-electron chi connectivity index (χ1n) is 12.6. The number of benzene rings is 6. The van der Waals surface area contributed by atoms with Crippen molar-refractivity contribution in [3.63, 3.8) is 0 Å². The molecule has 0 atom stereocenters. The second kappa shape index (κ2) is 6.29. The van der Waals surface area contributed by atoms with E-state index in [2.05, 4.69) is 97.1 Å². The van der Waals surface area contributed by atoms with Gasteiger partial charge in [0.15, 0.2) is 0 Å². The lowest BCUT2D eigenvalue weighted by Crippen LogP contribution is -1.86. The summed E-state index contributed by atoms with van der Waals surface area (Å²) in [5, 5.41) is 5.37. The molecular formula is C35H22. The van der Waals surface area contributed by atoms with E-state index in [-0.39, 0.29) is 0 Å². The molecule has 0 fully saturated rings. The largest absolute Gasteiger partial charge is 0.0616 e. The van der Waals surface area contributed by atoms with Crippen LogP contribution in [-0.2, 0) is 19.3 Å². The second-order valence-electron chi connectivity index (χ2n) is 10.6. The number of rotatable bonds is 0. The molecule has 162 valence electrons. The fourth-order valence-corrected chi connectivity index (χ4v) is 6.95. The van der Waals surface area contributed by atoms with Gasteiger partial charge in [0.25, 0.3) is 0 Å². The number of hydrogen-bond donors (Lipinski definition) is 0. The van der Waals surface area contributed by atoms with Crippen LogP contribution in [0, 0.1) is 0 Å². The van der Waals surface area contributed by atoms with Crippen molar-refractivity contribution in [2.45, 2.75) is 19.3 Å². The molecule has 0 bridgehead atoms. The molecule has 6 aromatic carbocycles. The summed E-state index contributed by atoms with van der Waals surface area (Å²) in [6.45, 7) is 0. The fraction of sp³-hybridized carbons (Fsp3) is 0.0857. The summed E-state index contributed by atoms with van der Waals surface area (Å²) in [4.78, 5) is 0. The SMILES string of the molecule is c1ccc2cc3c(cc2c1)Cc1cc2c(cc1-3)Cc1cc3c(cc1-2)Cc1cc2ccccc2cc1-3. The highest BCUT2D eigenvalue weighted by Gasteiger charge is 2.28. The maximum absolute atomic E-state index is 2.50. The van der Waals surface area contributed by atoms with Gasteiger partial charge in [-0.2, -0.15) is 0 Å². The Morgan fingerprint density at radius 2 is 0.543 bits per heavy atom. The van der Waals surface area contributed by atoms with Crippen molar-refractivity contribution in [2.24, 2.45) is 0 Å². The minimum atomic E-state index is 1.04. The van der Waals surface area contributed by atoms with Crippen LogP contribution in [0.2, 0.25) is 0 Å². The highest BCUT2D eigenvalue weighted by Crippen LogP contribution is 2.49. The second-order valence-corrected chi connectivity index (χ2v) is 10.6. The highest BCUT2D eigenvalue weighted by molar-refractivity contribution is 5.96. The summed E-state index contributed by atoms with van der Waals surface area (Å²) in [7, 11) is 0. The Hall–Kier alpha value is -4.16. The number of fused-ring (bicyclic) bond motifs is 11. The minimum Gasteiger partial charge on any atom is -0.0616 e. The number of hydrogen-bond acceptors (Lipinski definition) is 0. The molecule has 0 aromatic heterocycles. The van der Waals surface area contributed by atoms with Gasteiger partial charge in [-0.25, -0.2) is 0 Å². The van der Waals surface area contributed by atoms with Crippen molar-refractivity contribution < 1.29 is 0 Å². The standard InChI is InChI=1S/C35H22/c1-3-7-22-14-30-24(9-20(22)5-1)11-26-16-34-28(18-32(26)30)13-29-19-33-27(17-35(29)34)12-25-10-21-6-2-4-8-23(21)15-31(25)33/h1-10,14-19H,11-13H2. The van der Waals surface area contributed by atoms with Gasteiger partial charge in [0.2, 0.25) is 0 Å². The van der Waals surface area contributed by atoms with E-state index in [9.17, 15) is 0 Å². The zero-order chi connectivity index (χ0) is 22.7. The third kappa shape index (κ3) is 2.42. The molecule has 0 unspecified atom stereocenters. The lowest BCUT2D eigenvalue weighted by atomic mass is 9.95. The van der Waals surface area contributed by atoms with Gasteiger partial charge >= 0.3 is 0 Å². The monoisotopic (exact) mass is 442 g/mol. The van der Waals surface area contributed by atoms with Crippen LogP contribution in [-0.4, -0.2) is 0 Å². The van der Waals surface area contributed by atoms with Crippen molar-refractivity contribution in [1.29, 1.82) is 0 Å². The summed E-state index contributed by atoms with van der Waals surface area (Å²) >= 11 is 0. The third-order valence-corrected chi connectivity index (χ3v) is 8.61. The van der Waals surface area contributed by atoms with Crippen molar-refractivity contribution >= 4 is 21.5 Å². The Balaban J connectivity index is 1.17. The van der Waals surface area contributed by atoms with Gasteiger partial charge in [0.05, 0.1) is 0 Å². The molecule has 9 rings (SSSR count). The quantitative estimate of drug-likeness (QED) is 0.220. The summed E-state index contributed by atoms with van der Waals surface area (Å²) in [5.74, 6) is 0. The topological polar surface area (TPSA) is 0 Å². The predicted octanol–water partition coefficient (Wildman–Crippen LogP) is 8.71. The Kier molecular flexibility index (Phi) is 3.27. The predicted molar refractivity (Wildman–Crippen MR) is 146 cm³/mol. The molecular weight excluding hydrogens is 420 g/mol.